The van der Waals surface area contributed by atoms with E-state index in [9.17, 15) is 5.11 Å². The first-order valence-electron chi connectivity index (χ1n) is 8.73. The molecule has 1 fully saturated rings. The van der Waals surface area contributed by atoms with E-state index >= 15 is 0 Å². The van der Waals surface area contributed by atoms with Gasteiger partial charge < -0.3 is 10.0 Å². The van der Waals surface area contributed by atoms with Gasteiger partial charge in [-0.2, -0.15) is 0 Å². The molecule has 1 aromatic carbocycles. The van der Waals surface area contributed by atoms with Crippen LogP contribution in [0.25, 0.3) is 0 Å². The molecule has 24 heavy (non-hydrogen) atoms. The van der Waals surface area contributed by atoms with Crippen LogP contribution in [0.4, 0.5) is 5.82 Å². The van der Waals surface area contributed by atoms with Crippen LogP contribution in [0.5, 0.6) is 0 Å². The fourth-order valence-corrected chi connectivity index (χ4v) is 3.48. The van der Waals surface area contributed by atoms with E-state index in [1.54, 1.807) is 0 Å². The molecule has 2 aromatic rings. The molecule has 0 bridgehead atoms. The smallest absolute Gasteiger partial charge is 0.128 e. The van der Waals surface area contributed by atoms with Crippen molar-refractivity contribution >= 4 is 5.82 Å². The summed E-state index contributed by atoms with van der Waals surface area (Å²) in [7, 11) is 4.03. The van der Waals surface area contributed by atoms with E-state index in [1.165, 1.54) is 12.0 Å². The van der Waals surface area contributed by atoms with E-state index in [0.717, 1.165) is 37.3 Å². The molecule has 0 spiro atoms. The fraction of sp³-hybridized carbons (Fsp3) is 0.450. The summed E-state index contributed by atoms with van der Waals surface area (Å²) >= 11 is 0. The van der Waals surface area contributed by atoms with Crippen LogP contribution >= 0.6 is 0 Å². The summed E-state index contributed by atoms with van der Waals surface area (Å²) in [6.45, 7) is 2.03. The average Bonchev–Trinajstić information content (AvgIpc) is 3.02. The largest absolute Gasteiger partial charge is 0.388 e. The van der Waals surface area contributed by atoms with Gasteiger partial charge in [-0.25, -0.2) is 4.98 Å². The highest BCUT2D eigenvalue weighted by Gasteiger charge is 2.27. The van der Waals surface area contributed by atoms with Crippen LogP contribution < -0.4 is 4.90 Å². The maximum atomic E-state index is 10.5. The van der Waals surface area contributed by atoms with Crippen molar-refractivity contribution in [2.75, 3.05) is 25.5 Å². The Bertz CT molecular complexity index is 644. The second-order valence-corrected chi connectivity index (χ2v) is 6.85. The summed E-state index contributed by atoms with van der Waals surface area (Å²) < 4.78 is 0. The molecule has 3 rings (SSSR count). The third-order valence-electron chi connectivity index (χ3n) is 4.83. The van der Waals surface area contributed by atoms with Gasteiger partial charge in [-0.1, -0.05) is 30.3 Å². The number of hydrogen-bond donors (Lipinski definition) is 1. The molecular weight excluding hydrogens is 298 g/mol. The van der Waals surface area contributed by atoms with E-state index in [2.05, 4.69) is 22.0 Å². The zero-order chi connectivity index (χ0) is 16.9. The van der Waals surface area contributed by atoms with Gasteiger partial charge in [0.15, 0.2) is 0 Å². The number of aliphatic hydroxyl groups is 1. The Labute approximate surface area is 144 Å². The molecule has 128 valence electrons. The number of anilines is 1. The highest BCUT2D eigenvalue weighted by atomic mass is 16.3. The van der Waals surface area contributed by atoms with Crippen LogP contribution in [-0.2, 0) is 6.54 Å². The summed E-state index contributed by atoms with van der Waals surface area (Å²) in [5.74, 6) is 0.993. The number of pyridine rings is 1. The minimum Gasteiger partial charge on any atom is -0.388 e. The lowest BCUT2D eigenvalue weighted by Crippen LogP contribution is -2.30. The van der Waals surface area contributed by atoms with Gasteiger partial charge in [0.2, 0.25) is 0 Å². The molecular formula is C20H27N3O. The average molecular weight is 325 g/mol. The first-order chi connectivity index (χ1) is 11.6. The summed E-state index contributed by atoms with van der Waals surface area (Å²) in [5.41, 5.74) is 2.30. The van der Waals surface area contributed by atoms with Gasteiger partial charge >= 0.3 is 0 Å². The molecule has 0 amide bonds. The van der Waals surface area contributed by atoms with Crippen LogP contribution in [0.2, 0.25) is 0 Å². The van der Waals surface area contributed by atoms with Gasteiger partial charge in [0, 0.05) is 32.9 Å². The van der Waals surface area contributed by atoms with Gasteiger partial charge in [0.05, 0.1) is 6.10 Å². The first kappa shape index (κ1) is 16.9. The molecule has 1 aliphatic heterocycles. The highest BCUT2D eigenvalue weighted by Crippen LogP contribution is 2.28. The molecule has 4 heteroatoms. The second kappa shape index (κ2) is 7.77. The van der Waals surface area contributed by atoms with Crippen molar-refractivity contribution in [1.29, 1.82) is 0 Å². The van der Waals surface area contributed by atoms with Crippen molar-refractivity contribution < 1.29 is 5.11 Å². The van der Waals surface area contributed by atoms with Crippen molar-refractivity contribution in [2.24, 2.45) is 0 Å². The van der Waals surface area contributed by atoms with Crippen molar-refractivity contribution in [1.82, 2.24) is 9.88 Å². The molecule has 2 heterocycles. The lowest BCUT2D eigenvalue weighted by atomic mass is 10.0. The Balaban J connectivity index is 1.64. The Hall–Kier alpha value is -1.91. The number of hydrogen-bond acceptors (Lipinski definition) is 4. The normalized spacial score (nSPS) is 19.4. The monoisotopic (exact) mass is 325 g/mol. The maximum Gasteiger partial charge on any atom is 0.128 e. The van der Waals surface area contributed by atoms with Gasteiger partial charge in [-0.3, -0.25) is 4.90 Å². The molecule has 1 aliphatic rings. The van der Waals surface area contributed by atoms with Gasteiger partial charge in [-0.05, 0) is 49.1 Å². The zero-order valence-electron chi connectivity index (χ0n) is 14.6. The molecule has 4 nitrogen and oxygen atoms in total. The second-order valence-electron chi connectivity index (χ2n) is 6.85. The summed E-state index contributed by atoms with van der Waals surface area (Å²) in [6, 6.07) is 14.7. The minimum absolute atomic E-state index is 0.383. The van der Waals surface area contributed by atoms with Gasteiger partial charge in [0.25, 0.3) is 0 Å². The van der Waals surface area contributed by atoms with Crippen molar-refractivity contribution in [3.63, 3.8) is 0 Å². The molecule has 2 atom stereocenters. The third-order valence-corrected chi connectivity index (χ3v) is 4.83. The predicted molar refractivity (Wildman–Crippen MR) is 98.0 cm³/mol. The van der Waals surface area contributed by atoms with E-state index in [0.29, 0.717) is 6.04 Å². The highest BCUT2D eigenvalue weighted by molar-refractivity contribution is 5.39. The standard InChI is InChI=1S/C20H27N3O/c1-22(2)20-13-16(10-11-21-20)15-23-12-6-9-18(23)14-19(24)17-7-4-3-5-8-17/h3-5,7-8,10-11,13,18-19,24H,6,9,12,14-15H2,1-2H3/t18-,19+/m0/s1. The van der Waals surface area contributed by atoms with Crippen molar-refractivity contribution in [3.8, 4) is 0 Å². The van der Waals surface area contributed by atoms with Crippen molar-refractivity contribution in [2.45, 2.75) is 38.0 Å². The molecule has 1 N–H and O–H groups in total. The van der Waals surface area contributed by atoms with E-state index in [4.69, 9.17) is 0 Å². The number of benzene rings is 1. The van der Waals surface area contributed by atoms with Gasteiger partial charge in [-0.15, -0.1) is 0 Å². The van der Waals surface area contributed by atoms with Crippen LogP contribution in [0, 0.1) is 0 Å². The Morgan fingerprint density at radius 1 is 1.25 bits per heavy atom. The number of nitrogens with zero attached hydrogens (tertiary/aromatic N) is 3. The summed E-state index contributed by atoms with van der Waals surface area (Å²) in [5, 5.41) is 10.5. The Morgan fingerprint density at radius 2 is 2.04 bits per heavy atom. The number of aromatic nitrogens is 1. The third kappa shape index (κ3) is 4.13. The minimum atomic E-state index is -0.383. The molecule has 1 aromatic heterocycles. The van der Waals surface area contributed by atoms with Crippen LogP contribution in [0.1, 0.15) is 36.5 Å². The number of likely N-dealkylation sites (tertiary alicyclic amines) is 1. The van der Waals surface area contributed by atoms with Crippen LogP contribution in [0.3, 0.4) is 0 Å². The fourth-order valence-electron chi connectivity index (χ4n) is 3.48. The van der Waals surface area contributed by atoms with Crippen molar-refractivity contribution in [3.05, 3.63) is 59.8 Å². The molecule has 0 radical (unpaired) electrons. The van der Waals surface area contributed by atoms with Gasteiger partial charge in [0.1, 0.15) is 5.82 Å². The van der Waals surface area contributed by atoms with E-state index in [-0.39, 0.29) is 6.10 Å². The lowest BCUT2D eigenvalue weighted by molar-refractivity contribution is 0.118. The lowest BCUT2D eigenvalue weighted by Gasteiger charge is -2.27. The first-order valence-corrected chi connectivity index (χ1v) is 8.73. The Kier molecular flexibility index (Phi) is 5.48. The number of rotatable bonds is 6. The van der Waals surface area contributed by atoms with Crippen LogP contribution in [0.15, 0.2) is 48.7 Å². The summed E-state index contributed by atoms with van der Waals surface area (Å²) in [4.78, 5) is 8.92. The molecule has 1 saturated heterocycles. The number of aliphatic hydroxyl groups excluding tert-OH is 1. The molecule has 0 unspecified atom stereocenters. The quantitative estimate of drug-likeness (QED) is 0.885. The molecule has 0 saturated carbocycles. The SMILES string of the molecule is CN(C)c1cc(CN2CCC[C@H]2C[C@@H](O)c2ccccc2)ccn1. The topological polar surface area (TPSA) is 39.6 Å². The molecule has 0 aliphatic carbocycles. The zero-order valence-corrected chi connectivity index (χ0v) is 14.6. The van der Waals surface area contributed by atoms with E-state index in [1.807, 2.05) is 55.5 Å². The maximum absolute atomic E-state index is 10.5. The Morgan fingerprint density at radius 3 is 2.79 bits per heavy atom. The predicted octanol–water partition coefficient (Wildman–Crippen LogP) is 3.24. The van der Waals surface area contributed by atoms with Crippen LogP contribution in [-0.4, -0.2) is 41.7 Å². The summed E-state index contributed by atoms with van der Waals surface area (Å²) in [6.07, 6.45) is 4.67. The van der Waals surface area contributed by atoms with E-state index < -0.39 is 0 Å².